The van der Waals surface area contributed by atoms with Gasteiger partial charge in [0.05, 0.1) is 10.7 Å². The third kappa shape index (κ3) is 2.26. The molecule has 2 amide bonds. The average Bonchev–Trinajstić information content (AvgIpc) is 2.44. The summed E-state index contributed by atoms with van der Waals surface area (Å²) >= 11 is 5.74. The highest BCUT2D eigenvalue weighted by Crippen LogP contribution is 2.30. The van der Waals surface area contributed by atoms with Gasteiger partial charge in [-0.2, -0.15) is 0 Å². The van der Waals surface area contributed by atoms with Crippen molar-refractivity contribution in [2.45, 2.75) is 32.2 Å². The largest absolute Gasteiger partial charge is 0.340 e. The number of amides is 2. The molecule has 1 aromatic rings. The Morgan fingerprint density at radius 3 is 2.60 bits per heavy atom. The summed E-state index contributed by atoms with van der Waals surface area (Å²) in [6.45, 7) is 3.44. The van der Waals surface area contributed by atoms with Crippen molar-refractivity contribution in [1.29, 1.82) is 0 Å². The first-order chi connectivity index (χ1) is 9.45. The minimum Gasteiger partial charge on any atom is -0.340 e. The quantitative estimate of drug-likeness (QED) is 0.932. The van der Waals surface area contributed by atoms with E-state index in [1.807, 2.05) is 13.8 Å². The number of carbonyl (C=O) groups excluding carboxylic acids is 2. The van der Waals surface area contributed by atoms with Gasteiger partial charge in [-0.15, -0.1) is 0 Å². The van der Waals surface area contributed by atoms with Gasteiger partial charge in [-0.05, 0) is 25.0 Å². The van der Waals surface area contributed by atoms with Crippen LogP contribution in [0.25, 0.3) is 0 Å². The summed E-state index contributed by atoms with van der Waals surface area (Å²) in [5.41, 5.74) is -0.923. The summed E-state index contributed by atoms with van der Waals surface area (Å²) < 4.78 is 14.1. The zero-order valence-corrected chi connectivity index (χ0v) is 12.1. The molecule has 0 radical (unpaired) electrons. The van der Waals surface area contributed by atoms with Crippen LogP contribution in [-0.4, -0.2) is 23.9 Å². The second-order valence-electron chi connectivity index (χ2n) is 4.80. The van der Waals surface area contributed by atoms with Crippen molar-refractivity contribution in [2.24, 2.45) is 0 Å². The van der Waals surface area contributed by atoms with Gasteiger partial charge in [-0.1, -0.05) is 31.5 Å². The highest BCUT2D eigenvalue weighted by molar-refractivity contribution is 6.31. The van der Waals surface area contributed by atoms with E-state index in [0.717, 1.165) is 0 Å². The third-order valence-corrected chi connectivity index (χ3v) is 4.06. The lowest BCUT2D eigenvalue weighted by atomic mass is 9.88. The van der Waals surface area contributed by atoms with Crippen LogP contribution >= 0.6 is 11.6 Å². The van der Waals surface area contributed by atoms with Crippen LogP contribution < -0.4 is 10.2 Å². The summed E-state index contributed by atoms with van der Waals surface area (Å²) in [4.78, 5) is 25.7. The van der Waals surface area contributed by atoms with E-state index in [1.165, 1.54) is 17.0 Å². The molecule has 1 heterocycles. The van der Waals surface area contributed by atoms with Gasteiger partial charge in [-0.25, -0.2) is 4.39 Å². The maximum atomic E-state index is 14.1. The summed E-state index contributed by atoms with van der Waals surface area (Å²) in [6, 6.07) is 4.41. The van der Waals surface area contributed by atoms with Crippen molar-refractivity contribution in [3.05, 3.63) is 29.0 Å². The molecule has 4 nitrogen and oxygen atoms in total. The molecule has 1 aromatic carbocycles. The molecule has 0 bridgehead atoms. The molecule has 0 atom stereocenters. The maximum Gasteiger partial charge on any atom is 0.253 e. The number of halogens is 2. The average molecular weight is 299 g/mol. The van der Waals surface area contributed by atoms with Crippen LogP contribution in [0.1, 0.15) is 26.7 Å². The first-order valence-electron chi connectivity index (χ1n) is 6.52. The van der Waals surface area contributed by atoms with E-state index in [9.17, 15) is 14.0 Å². The Morgan fingerprint density at radius 1 is 1.35 bits per heavy atom. The molecular weight excluding hydrogens is 283 g/mol. The Balaban J connectivity index is 2.48. The number of piperazine rings is 1. The molecule has 0 aromatic heterocycles. The third-order valence-electron chi connectivity index (χ3n) is 3.76. The SMILES string of the molecule is CCC1(CC)NC(=O)CN(c2cccc(Cl)c2F)C1=O. The summed E-state index contributed by atoms with van der Waals surface area (Å²) in [5, 5.41) is 2.66. The predicted molar refractivity (Wildman–Crippen MR) is 75.2 cm³/mol. The number of hydrogen-bond acceptors (Lipinski definition) is 2. The fraction of sp³-hybridized carbons (Fsp3) is 0.429. The minimum absolute atomic E-state index is 0.0450. The monoisotopic (exact) mass is 298 g/mol. The molecule has 20 heavy (non-hydrogen) atoms. The van der Waals surface area contributed by atoms with Crippen molar-refractivity contribution in [3.8, 4) is 0 Å². The molecule has 0 spiro atoms. The Hall–Kier alpha value is -1.62. The van der Waals surface area contributed by atoms with E-state index in [4.69, 9.17) is 11.6 Å². The first kappa shape index (κ1) is 14.8. The van der Waals surface area contributed by atoms with Crippen molar-refractivity contribution in [1.82, 2.24) is 5.32 Å². The van der Waals surface area contributed by atoms with E-state index >= 15 is 0 Å². The zero-order valence-electron chi connectivity index (χ0n) is 11.4. The summed E-state index contributed by atoms with van der Waals surface area (Å²) in [5.74, 6) is -1.28. The Bertz CT molecular complexity index is 558. The second kappa shape index (κ2) is 5.40. The molecule has 1 aliphatic rings. The Morgan fingerprint density at radius 2 is 2.00 bits per heavy atom. The maximum absolute atomic E-state index is 14.1. The fourth-order valence-electron chi connectivity index (χ4n) is 2.46. The standard InChI is InChI=1S/C14H16ClFN2O2/c1-3-14(4-2)13(20)18(8-11(19)17-14)10-7-5-6-9(15)12(10)16/h5-7H,3-4,8H2,1-2H3,(H,17,19). The molecule has 0 unspecified atom stereocenters. The predicted octanol–water partition coefficient (Wildman–Crippen LogP) is 2.50. The van der Waals surface area contributed by atoms with Crippen LogP contribution in [0.5, 0.6) is 0 Å². The van der Waals surface area contributed by atoms with Gasteiger partial charge < -0.3 is 5.32 Å². The molecule has 1 fully saturated rings. The molecule has 1 saturated heterocycles. The van der Waals surface area contributed by atoms with E-state index < -0.39 is 11.4 Å². The van der Waals surface area contributed by atoms with Gasteiger partial charge in [0.25, 0.3) is 5.91 Å². The minimum atomic E-state index is -0.968. The fourth-order valence-corrected chi connectivity index (χ4v) is 2.63. The smallest absolute Gasteiger partial charge is 0.253 e. The number of anilines is 1. The van der Waals surface area contributed by atoms with Gasteiger partial charge in [-0.3, -0.25) is 14.5 Å². The van der Waals surface area contributed by atoms with E-state index in [-0.39, 0.29) is 29.1 Å². The van der Waals surface area contributed by atoms with Gasteiger partial charge in [0, 0.05) is 0 Å². The number of rotatable bonds is 3. The lowest BCUT2D eigenvalue weighted by molar-refractivity contribution is -0.136. The second-order valence-corrected chi connectivity index (χ2v) is 5.21. The number of nitrogens with one attached hydrogen (secondary N) is 1. The van der Waals surface area contributed by atoms with E-state index in [1.54, 1.807) is 6.07 Å². The molecule has 1 N–H and O–H groups in total. The molecule has 0 aliphatic carbocycles. The molecule has 6 heteroatoms. The molecule has 2 rings (SSSR count). The molecular formula is C14H16ClFN2O2. The van der Waals surface area contributed by atoms with Crippen molar-refractivity contribution in [2.75, 3.05) is 11.4 Å². The van der Waals surface area contributed by atoms with Crippen LogP contribution in [0, 0.1) is 5.82 Å². The lowest BCUT2D eigenvalue weighted by Crippen LogP contribution is -2.66. The van der Waals surface area contributed by atoms with Crippen LogP contribution in [0.2, 0.25) is 5.02 Å². The van der Waals surface area contributed by atoms with Crippen LogP contribution in [0.15, 0.2) is 18.2 Å². The van der Waals surface area contributed by atoms with Gasteiger partial charge in [0.1, 0.15) is 12.1 Å². The van der Waals surface area contributed by atoms with Crippen LogP contribution in [0.3, 0.4) is 0 Å². The van der Waals surface area contributed by atoms with Crippen molar-refractivity contribution in [3.63, 3.8) is 0 Å². The van der Waals surface area contributed by atoms with Gasteiger partial charge in [0.2, 0.25) is 5.91 Å². The topological polar surface area (TPSA) is 49.4 Å². The number of hydrogen-bond donors (Lipinski definition) is 1. The number of nitrogens with zero attached hydrogens (tertiary/aromatic N) is 1. The van der Waals surface area contributed by atoms with Crippen LogP contribution in [-0.2, 0) is 9.59 Å². The Labute approximate surface area is 121 Å². The molecule has 1 aliphatic heterocycles. The number of carbonyl (C=O) groups is 2. The number of benzene rings is 1. The van der Waals surface area contributed by atoms with Gasteiger partial charge >= 0.3 is 0 Å². The van der Waals surface area contributed by atoms with Crippen molar-refractivity contribution < 1.29 is 14.0 Å². The zero-order chi connectivity index (χ0) is 14.9. The lowest BCUT2D eigenvalue weighted by Gasteiger charge is -2.41. The van der Waals surface area contributed by atoms with Crippen molar-refractivity contribution >= 4 is 29.1 Å². The van der Waals surface area contributed by atoms with E-state index in [0.29, 0.717) is 12.8 Å². The highest BCUT2D eigenvalue weighted by atomic mass is 35.5. The summed E-state index contributed by atoms with van der Waals surface area (Å²) in [6.07, 6.45) is 0.902. The summed E-state index contributed by atoms with van der Waals surface area (Å²) in [7, 11) is 0. The molecule has 0 saturated carbocycles. The Kier molecular flexibility index (Phi) is 3.99. The normalized spacial score (nSPS) is 18.1. The van der Waals surface area contributed by atoms with Gasteiger partial charge in [0.15, 0.2) is 5.82 Å². The molecule has 108 valence electrons. The first-order valence-corrected chi connectivity index (χ1v) is 6.90. The van der Waals surface area contributed by atoms with E-state index in [2.05, 4.69) is 5.32 Å². The van der Waals surface area contributed by atoms with Crippen LogP contribution in [0.4, 0.5) is 10.1 Å². The highest BCUT2D eigenvalue weighted by Gasteiger charge is 2.45.